The van der Waals surface area contributed by atoms with E-state index in [2.05, 4.69) is 10.9 Å². The summed E-state index contributed by atoms with van der Waals surface area (Å²) in [4.78, 5) is 29.4. The minimum Gasteiger partial charge on any atom is -0.453 e. The molecule has 0 radical (unpaired) electrons. The largest absolute Gasteiger partial charge is 0.453 e. The molecule has 0 aliphatic carbocycles. The number of ether oxygens (including phenoxy) is 2. The number of methoxy groups -OCH3 is 1. The van der Waals surface area contributed by atoms with Crippen LogP contribution in [0.25, 0.3) is 0 Å². The van der Waals surface area contributed by atoms with Crippen molar-refractivity contribution >= 4 is 23.6 Å². The van der Waals surface area contributed by atoms with Gasteiger partial charge in [0.15, 0.2) is 0 Å². The lowest BCUT2D eigenvalue weighted by atomic mass is 9.89. The van der Waals surface area contributed by atoms with E-state index >= 15 is 0 Å². The van der Waals surface area contributed by atoms with Crippen molar-refractivity contribution in [3.8, 4) is 0 Å². The van der Waals surface area contributed by atoms with E-state index in [9.17, 15) is 9.59 Å². The van der Waals surface area contributed by atoms with Crippen LogP contribution in [0.5, 0.6) is 0 Å². The molecule has 3 aromatic carbocycles. The van der Waals surface area contributed by atoms with E-state index in [0.717, 1.165) is 22.4 Å². The number of hydrogen-bond donors (Lipinski definition) is 2. The molecule has 0 aromatic heterocycles. The van der Waals surface area contributed by atoms with Crippen LogP contribution in [0.1, 0.15) is 23.1 Å². The number of aryl methyl sites for hydroxylation is 1. The molecule has 180 valence electrons. The maximum atomic E-state index is 13.5. The van der Waals surface area contributed by atoms with Crippen LogP contribution in [0.2, 0.25) is 0 Å². The number of benzene rings is 3. The van der Waals surface area contributed by atoms with Gasteiger partial charge in [-0.05, 0) is 37.1 Å². The molecule has 8 heteroatoms. The molecule has 1 unspecified atom stereocenters. The summed E-state index contributed by atoms with van der Waals surface area (Å²) >= 11 is 0. The summed E-state index contributed by atoms with van der Waals surface area (Å²) in [5, 5.41) is 0. The van der Waals surface area contributed by atoms with Crippen molar-refractivity contribution in [3.05, 3.63) is 95.6 Å². The molecule has 0 bridgehead atoms. The van der Waals surface area contributed by atoms with Gasteiger partial charge in [0.05, 0.1) is 12.8 Å². The quantitative estimate of drug-likeness (QED) is 0.521. The molecular formula is C27H28N4O4. The molecule has 2 amide bonds. The Bertz CT molecular complexity index is 1220. The molecule has 3 aromatic rings. The highest BCUT2D eigenvalue weighted by atomic mass is 16.6. The Kier molecular flexibility index (Phi) is 6.05. The molecule has 1 fully saturated rings. The lowest BCUT2D eigenvalue weighted by Gasteiger charge is -2.36. The molecule has 8 nitrogen and oxygen atoms in total. The Labute approximate surface area is 204 Å². The zero-order valence-electron chi connectivity index (χ0n) is 19.7. The fraction of sp³-hybridized carbons (Fsp3) is 0.259. The third-order valence-electron chi connectivity index (χ3n) is 6.66. The Balaban J connectivity index is 1.49. The minimum atomic E-state index is -0.762. The normalized spacial score (nSPS) is 20.2. The van der Waals surface area contributed by atoms with Gasteiger partial charge in [-0.15, -0.1) is 0 Å². The minimum absolute atomic E-state index is 0.130. The summed E-state index contributed by atoms with van der Waals surface area (Å²) < 4.78 is 10.8. The van der Waals surface area contributed by atoms with Gasteiger partial charge in [-0.25, -0.2) is 15.0 Å². The Hall–Kier alpha value is -4.04. The number of rotatable bonds is 5. The second kappa shape index (κ2) is 9.31. The Morgan fingerprint density at radius 3 is 2.43 bits per heavy atom. The van der Waals surface area contributed by atoms with Crippen LogP contribution >= 0.6 is 0 Å². The first-order valence-electron chi connectivity index (χ1n) is 11.6. The molecular weight excluding hydrogens is 444 g/mol. The number of carbonyl (C=O) groups is 2. The van der Waals surface area contributed by atoms with Crippen molar-refractivity contribution in [2.24, 2.45) is 0 Å². The van der Waals surface area contributed by atoms with E-state index in [1.807, 2.05) is 85.8 Å². The predicted molar refractivity (Wildman–Crippen MR) is 133 cm³/mol. The van der Waals surface area contributed by atoms with Gasteiger partial charge in [-0.2, -0.15) is 0 Å². The van der Waals surface area contributed by atoms with Crippen LogP contribution < -0.4 is 15.8 Å². The van der Waals surface area contributed by atoms with Crippen molar-refractivity contribution in [1.29, 1.82) is 0 Å². The van der Waals surface area contributed by atoms with E-state index in [-0.39, 0.29) is 6.61 Å². The standard InChI is InChI=1S/C27H28N4O4/c1-19-12-14-21(15-13-19)28-29-27-16-17-30(25(32)34-2)24(27)31(23-11-7-6-10-22(23)27)26(33)35-18-20-8-4-3-5-9-20/h3-15,24,28-29H,16-18H2,1-2H3/t24?,27-/m0/s1. The summed E-state index contributed by atoms with van der Waals surface area (Å²) in [6.45, 7) is 2.57. The fourth-order valence-corrected chi connectivity index (χ4v) is 4.95. The summed E-state index contributed by atoms with van der Waals surface area (Å²) in [6, 6.07) is 25.2. The van der Waals surface area contributed by atoms with Crippen LogP contribution in [0.15, 0.2) is 78.9 Å². The highest BCUT2D eigenvalue weighted by Crippen LogP contribution is 2.51. The highest BCUT2D eigenvalue weighted by molar-refractivity contribution is 5.93. The van der Waals surface area contributed by atoms with Crippen LogP contribution in [0, 0.1) is 6.92 Å². The zero-order valence-corrected chi connectivity index (χ0v) is 19.7. The van der Waals surface area contributed by atoms with Crippen LogP contribution in [0.4, 0.5) is 21.0 Å². The number of hydrogen-bond acceptors (Lipinski definition) is 6. The number of anilines is 2. The summed E-state index contributed by atoms with van der Waals surface area (Å²) in [6.07, 6.45) is -1.12. The van der Waals surface area contributed by atoms with E-state index in [1.54, 1.807) is 9.80 Å². The van der Waals surface area contributed by atoms with Crippen molar-refractivity contribution in [1.82, 2.24) is 10.3 Å². The number of nitrogens with one attached hydrogen (secondary N) is 2. The zero-order chi connectivity index (χ0) is 24.4. The second-order valence-electron chi connectivity index (χ2n) is 8.80. The van der Waals surface area contributed by atoms with Crippen LogP contribution in [0.3, 0.4) is 0 Å². The van der Waals surface area contributed by atoms with Crippen molar-refractivity contribution in [3.63, 3.8) is 0 Å². The molecule has 2 heterocycles. The molecule has 1 saturated heterocycles. The lowest BCUT2D eigenvalue weighted by molar-refractivity contribution is 0.101. The molecule has 0 spiro atoms. The highest BCUT2D eigenvalue weighted by Gasteiger charge is 2.61. The van der Waals surface area contributed by atoms with Crippen LogP contribution in [-0.4, -0.2) is 36.9 Å². The SMILES string of the molecule is COC(=O)N1CC[C@]2(NNc3ccc(C)cc3)c3ccccc3N(C(=O)OCc3ccccc3)C12. The third-order valence-corrected chi connectivity index (χ3v) is 6.66. The fourth-order valence-electron chi connectivity index (χ4n) is 4.95. The van der Waals surface area contributed by atoms with Gasteiger partial charge >= 0.3 is 12.2 Å². The van der Waals surface area contributed by atoms with Gasteiger partial charge in [-0.1, -0.05) is 66.2 Å². The number of carbonyl (C=O) groups excluding carboxylic acids is 2. The van der Waals surface area contributed by atoms with Gasteiger partial charge < -0.3 is 14.9 Å². The number of amides is 2. The van der Waals surface area contributed by atoms with E-state index in [4.69, 9.17) is 9.47 Å². The van der Waals surface area contributed by atoms with Crippen molar-refractivity contribution in [2.75, 3.05) is 24.0 Å². The molecule has 2 aliphatic rings. The topological polar surface area (TPSA) is 83.1 Å². The van der Waals surface area contributed by atoms with Crippen molar-refractivity contribution in [2.45, 2.75) is 31.7 Å². The number of nitrogens with zero attached hydrogens (tertiary/aromatic N) is 2. The molecule has 2 aliphatic heterocycles. The van der Waals surface area contributed by atoms with Gasteiger partial charge in [-0.3, -0.25) is 9.80 Å². The monoisotopic (exact) mass is 472 g/mol. The predicted octanol–water partition coefficient (Wildman–Crippen LogP) is 4.76. The summed E-state index contributed by atoms with van der Waals surface area (Å²) in [5.41, 5.74) is 10.5. The lowest BCUT2D eigenvalue weighted by Crippen LogP contribution is -2.59. The molecule has 5 rings (SSSR count). The molecule has 0 saturated carbocycles. The second-order valence-corrected chi connectivity index (χ2v) is 8.80. The van der Waals surface area contributed by atoms with Crippen LogP contribution in [-0.2, 0) is 21.6 Å². The van der Waals surface area contributed by atoms with Gasteiger partial charge in [0.1, 0.15) is 18.3 Å². The van der Waals surface area contributed by atoms with Gasteiger partial charge in [0.2, 0.25) is 0 Å². The maximum Gasteiger partial charge on any atom is 0.416 e. The van der Waals surface area contributed by atoms with Gasteiger partial charge in [0, 0.05) is 17.8 Å². The van der Waals surface area contributed by atoms with Gasteiger partial charge in [0.25, 0.3) is 0 Å². The Morgan fingerprint density at radius 1 is 0.971 bits per heavy atom. The first-order valence-corrected chi connectivity index (χ1v) is 11.6. The number of hydrazine groups is 1. The number of likely N-dealkylation sites (tertiary alicyclic amines) is 1. The molecule has 2 atom stereocenters. The van der Waals surface area contributed by atoms with Crippen molar-refractivity contribution < 1.29 is 19.1 Å². The number of fused-ring (bicyclic) bond motifs is 3. The summed E-state index contributed by atoms with van der Waals surface area (Å²) in [5.74, 6) is 0. The molecule has 35 heavy (non-hydrogen) atoms. The van der Waals surface area contributed by atoms with E-state index < -0.39 is 23.9 Å². The first kappa shape index (κ1) is 22.7. The smallest absolute Gasteiger partial charge is 0.416 e. The average Bonchev–Trinajstić information content (AvgIpc) is 3.40. The van der Waals surface area contributed by atoms with E-state index in [1.165, 1.54) is 7.11 Å². The average molecular weight is 473 g/mol. The molecule has 2 N–H and O–H groups in total. The third kappa shape index (κ3) is 4.06. The summed E-state index contributed by atoms with van der Waals surface area (Å²) in [7, 11) is 1.35. The maximum absolute atomic E-state index is 13.5. The Morgan fingerprint density at radius 2 is 1.69 bits per heavy atom. The number of para-hydroxylation sites is 1. The first-order chi connectivity index (χ1) is 17.0. The van der Waals surface area contributed by atoms with E-state index in [0.29, 0.717) is 18.7 Å².